The highest BCUT2D eigenvalue weighted by atomic mass is 35.5. The number of rotatable bonds is 5. The number of nitrogens with one attached hydrogen (secondary N) is 1. The summed E-state index contributed by atoms with van der Waals surface area (Å²) < 4.78 is 0. The lowest BCUT2D eigenvalue weighted by Crippen LogP contribution is -2.48. The Labute approximate surface area is 180 Å². The maximum absolute atomic E-state index is 13.2. The molecule has 1 atom stereocenters. The van der Waals surface area contributed by atoms with Crippen molar-refractivity contribution < 1.29 is 14.4 Å². The molecule has 3 rings (SSSR count). The van der Waals surface area contributed by atoms with E-state index in [2.05, 4.69) is 5.32 Å². The predicted octanol–water partition coefficient (Wildman–Crippen LogP) is 5.26. The van der Waals surface area contributed by atoms with Crippen LogP contribution in [0.3, 0.4) is 0 Å². The van der Waals surface area contributed by atoms with E-state index in [0.29, 0.717) is 12.1 Å². The quantitative estimate of drug-likeness (QED) is 0.655. The van der Waals surface area contributed by atoms with Crippen molar-refractivity contribution in [1.82, 2.24) is 4.90 Å². The van der Waals surface area contributed by atoms with Crippen molar-refractivity contribution >= 4 is 46.6 Å². The van der Waals surface area contributed by atoms with Crippen LogP contribution in [0.15, 0.2) is 30.3 Å². The summed E-state index contributed by atoms with van der Waals surface area (Å²) in [5, 5.41) is 3.26. The van der Waals surface area contributed by atoms with Crippen molar-refractivity contribution in [2.75, 3.05) is 5.32 Å². The lowest BCUT2D eigenvalue weighted by Gasteiger charge is -2.27. The van der Waals surface area contributed by atoms with Gasteiger partial charge in [0, 0.05) is 5.69 Å². The van der Waals surface area contributed by atoms with Crippen molar-refractivity contribution in [3.63, 3.8) is 0 Å². The fraction of sp³-hybridized carbons (Fsp3) is 0.318. The number of aryl methyl sites for hydroxylation is 2. The van der Waals surface area contributed by atoms with E-state index in [9.17, 15) is 14.4 Å². The van der Waals surface area contributed by atoms with E-state index in [4.69, 9.17) is 23.2 Å². The zero-order valence-electron chi connectivity index (χ0n) is 16.7. The molecule has 29 heavy (non-hydrogen) atoms. The van der Waals surface area contributed by atoms with Crippen LogP contribution in [0.1, 0.15) is 52.1 Å². The van der Waals surface area contributed by atoms with Gasteiger partial charge in [-0.3, -0.25) is 19.3 Å². The van der Waals surface area contributed by atoms with E-state index >= 15 is 0 Å². The molecule has 0 fully saturated rings. The van der Waals surface area contributed by atoms with E-state index in [-0.39, 0.29) is 27.1 Å². The number of hydrogen-bond donors (Lipinski definition) is 1. The normalized spacial score (nSPS) is 14.4. The van der Waals surface area contributed by atoms with Gasteiger partial charge in [0.25, 0.3) is 11.8 Å². The van der Waals surface area contributed by atoms with Gasteiger partial charge in [-0.1, -0.05) is 49.2 Å². The second-order valence-electron chi connectivity index (χ2n) is 7.75. The number of halogens is 2. The Bertz CT molecular complexity index is 976. The largest absolute Gasteiger partial charge is 0.324 e. The molecule has 3 amide bonds. The second kappa shape index (κ2) is 8.17. The lowest BCUT2D eigenvalue weighted by atomic mass is 10.0. The Balaban J connectivity index is 1.97. The van der Waals surface area contributed by atoms with Crippen LogP contribution in [0.2, 0.25) is 10.0 Å². The van der Waals surface area contributed by atoms with Crippen molar-refractivity contribution in [3.05, 3.63) is 62.6 Å². The Morgan fingerprint density at radius 1 is 1.00 bits per heavy atom. The van der Waals surface area contributed by atoms with E-state index in [0.717, 1.165) is 16.0 Å². The summed E-state index contributed by atoms with van der Waals surface area (Å²) in [7, 11) is 0. The number of hydrogen-bond acceptors (Lipinski definition) is 3. The molecule has 152 valence electrons. The third-order valence-electron chi connectivity index (χ3n) is 4.92. The van der Waals surface area contributed by atoms with Crippen LogP contribution in [0, 0.1) is 19.8 Å². The maximum Gasteiger partial charge on any atom is 0.262 e. The number of imide groups is 1. The third kappa shape index (κ3) is 4.16. The van der Waals surface area contributed by atoms with Crippen LogP contribution < -0.4 is 5.32 Å². The Kier molecular flexibility index (Phi) is 6.01. The summed E-state index contributed by atoms with van der Waals surface area (Å²) in [5.74, 6) is -1.39. The maximum atomic E-state index is 13.2. The lowest BCUT2D eigenvalue weighted by molar-refractivity contribution is -0.120. The average Bonchev–Trinajstić information content (AvgIpc) is 2.87. The Morgan fingerprint density at radius 3 is 2.07 bits per heavy atom. The van der Waals surface area contributed by atoms with Gasteiger partial charge in [0.1, 0.15) is 6.04 Å². The number of amides is 3. The molecule has 0 spiro atoms. The molecule has 2 aromatic carbocycles. The van der Waals surface area contributed by atoms with E-state index < -0.39 is 23.8 Å². The van der Waals surface area contributed by atoms with E-state index in [1.54, 1.807) is 0 Å². The summed E-state index contributed by atoms with van der Waals surface area (Å²) in [4.78, 5) is 40.2. The first-order valence-corrected chi connectivity index (χ1v) is 10.1. The van der Waals surface area contributed by atoms with Crippen molar-refractivity contribution in [2.45, 2.75) is 40.2 Å². The molecule has 0 saturated heterocycles. The highest BCUT2D eigenvalue weighted by molar-refractivity contribution is 6.43. The molecule has 0 bridgehead atoms. The fourth-order valence-corrected chi connectivity index (χ4v) is 3.73. The molecule has 2 aromatic rings. The van der Waals surface area contributed by atoms with Crippen LogP contribution in [-0.4, -0.2) is 28.7 Å². The molecular weight excluding hydrogens is 411 g/mol. The van der Waals surface area contributed by atoms with Crippen molar-refractivity contribution in [3.8, 4) is 0 Å². The molecule has 0 unspecified atom stereocenters. The first-order valence-electron chi connectivity index (χ1n) is 9.35. The SMILES string of the molecule is Cc1ccc(C)c(NC(=O)[C@H](CC(C)C)N2C(=O)c3cc(Cl)c(Cl)cc3C2=O)c1. The molecule has 1 N–H and O–H groups in total. The average molecular weight is 433 g/mol. The van der Waals surface area contributed by atoms with Crippen molar-refractivity contribution in [1.29, 1.82) is 0 Å². The first-order chi connectivity index (χ1) is 13.6. The van der Waals surface area contributed by atoms with Crippen LogP contribution in [0.25, 0.3) is 0 Å². The summed E-state index contributed by atoms with van der Waals surface area (Å²) in [5.41, 5.74) is 2.88. The molecule has 7 heteroatoms. The van der Waals surface area contributed by atoms with E-state index in [1.807, 2.05) is 45.9 Å². The second-order valence-corrected chi connectivity index (χ2v) is 8.56. The summed E-state index contributed by atoms with van der Waals surface area (Å²) in [6.07, 6.45) is 0.337. The number of carbonyl (C=O) groups is 3. The number of fused-ring (bicyclic) bond motifs is 1. The van der Waals surface area contributed by atoms with Crippen LogP contribution >= 0.6 is 23.2 Å². The van der Waals surface area contributed by atoms with Gasteiger partial charge < -0.3 is 5.32 Å². The summed E-state index contributed by atoms with van der Waals surface area (Å²) >= 11 is 12.1. The van der Waals surface area contributed by atoms with Gasteiger partial charge in [-0.2, -0.15) is 0 Å². The topological polar surface area (TPSA) is 66.5 Å². The fourth-order valence-electron chi connectivity index (χ4n) is 3.40. The molecule has 0 saturated carbocycles. The Hall–Kier alpha value is -2.37. The van der Waals surface area contributed by atoms with Crippen LogP contribution in [-0.2, 0) is 4.79 Å². The number of nitrogens with zero attached hydrogens (tertiary/aromatic N) is 1. The van der Waals surface area contributed by atoms with Gasteiger partial charge in [-0.15, -0.1) is 0 Å². The summed E-state index contributed by atoms with van der Waals surface area (Å²) in [6, 6.07) is 7.55. The van der Waals surface area contributed by atoms with Gasteiger partial charge in [0.15, 0.2) is 0 Å². The zero-order chi connectivity index (χ0) is 21.5. The molecule has 0 aromatic heterocycles. The summed E-state index contributed by atoms with van der Waals surface area (Å²) in [6.45, 7) is 7.69. The molecule has 1 aliphatic rings. The van der Waals surface area contributed by atoms with E-state index in [1.165, 1.54) is 12.1 Å². The van der Waals surface area contributed by atoms with Gasteiger partial charge in [-0.05, 0) is 55.5 Å². The standard InChI is InChI=1S/C22H22Cl2N2O3/c1-11(2)7-19(20(27)25-18-8-12(3)5-6-13(18)4)26-21(28)14-9-16(23)17(24)10-15(14)22(26)29/h5-6,8-11,19H,7H2,1-4H3,(H,25,27)/t19-/m0/s1. The molecule has 0 aliphatic carbocycles. The minimum absolute atomic E-state index is 0.0841. The number of carbonyl (C=O) groups excluding carboxylic acids is 3. The smallest absolute Gasteiger partial charge is 0.262 e. The van der Waals surface area contributed by atoms with Crippen LogP contribution in [0.5, 0.6) is 0 Å². The molecule has 5 nitrogen and oxygen atoms in total. The molecule has 0 radical (unpaired) electrons. The Morgan fingerprint density at radius 2 is 1.55 bits per heavy atom. The van der Waals surface area contributed by atoms with Gasteiger partial charge in [0.2, 0.25) is 5.91 Å². The highest BCUT2D eigenvalue weighted by Gasteiger charge is 2.43. The molecule has 1 aliphatic heterocycles. The third-order valence-corrected chi connectivity index (χ3v) is 5.64. The molecular formula is C22H22Cl2N2O3. The molecule has 1 heterocycles. The zero-order valence-corrected chi connectivity index (χ0v) is 18.2. The minimum Gasteiger partial charge on any atom is -0.324 e. The number of anilines is 1. The monoisotopic (exact) mass is 432 g/mol. The highest BCUT2D eigenvalue weighted by Crippen LogP contribution is 2.33. The van der Waals surface area contributed by atoms with Gasteiger partial charge in [0.05, 0.1) is 21.2 Å². The van der Waals surface area contributed by atoms with Gasteiger partial charge in [-0.25, -0.2) is 0 Å². The minimum atomic E-state index is -0.945. The van der Waals surface area contributed by atoms with Crippen molar-refractivity contribution in [2.24, 2.45) is 5.92 Å². The number of benzene rings is 2. The predicted molar refractivity (Wildman–Crippen MR) is 115 cm³/mol. The first kappa shape index (κ1) is 21.3. The van der Waals surface area contributed by atoms with Gasteiger partial charge >= 0.3 is 0 Å². The van der Waals surface area contributed by atoms with Crippen LogP contribution in [0.4, 0.5) is 5.69 Å².